The Morgan fingerprint density at radius 2 is 2.13 bits per heavy atom. The predicted molar refractivity (Wildman–Crippen MR) is 60.1 cm³/mol. The fraction of sp³-hybridized carbons (Fsp3) is 0.455. The van der Waals surface area contributed by atoms with Gasteiger partial charge in [-0.05, 0) is 32.1 Å². The van der Waals surface area contributed by atoms with E-state index >= 15 is 0 Å². The van der Waals surface area contributed by atoms with Crippen molar-refractivity contribution in [2.24, 2.45) is 0 Å². The van der Waals surface area contributed by atoms with Gasteiger partial charge in [0.2, 0.25) is 0 Å². The van der Waals surface area contributed by atoms with Crippen LogP contribution in [-0.4, -0.2) is 26.8 Å². The van der Waals surface area contributed by atoms with Crippen molar-refractivity contribution in [1.82, 2.24) is 5.32 Å². The van der Waals surface area contributed by atoms with Gasteiger partial charge in [0.15, 0.2) is 11.5 Å². The largest absolute Gasteiger partial charge is 0.486 e. The summed E-state index contributed by atoms with van der Waals surface area (Å²) >= 11 is 6.13. The molecule has 1 aliphatic heterocycles. The van der Waals surface area contributed by atoms with Crippen molar-refractivity contribution in [2.45, 2.75) is 6.42 Å². The highest BCUT2D eigenvalue weighted by atomic mass is 35.5. The third kappa shape index (κ3) is 2.19. The van der Waals surface area contributed by atoms with Gasteiger partial charge in [0.1, 0.15) is 13.2 Å². The maximum absolute atomic E-state index is 6.13. The molecule has 3 nitrogen and oxygen atoms in total. The Kier molecular flexibility index (Phi) is 3.34. The molecule has 0 radical (unpaired) electrons. The van der Waals surface area contributed by atoms with Crippen LogP contribution >= 0.6 is 11.6 Å². The predicted octanol–water partition coefficient (Wildman–Crippen LogP) is 1.87. The molecular weight excluding hydrogens is 214 g/mol. The van der Waals surface area contributed by atoms with Crippen molar-refractivity contribution >= 4 is 11.6 Å². The Hall–Kier alpha value is -0.930. The van der Waals surface area contributed by atoms with Crippen LogP contribution in [0.5, 0.6) is 11.5 Å². The SMILES string of the molecule is CNCCc1c(Cl)ccc2c1OCCO2. The van der Waals surface area contributed by atoms with Crippen LogP contribution in [0.2, 0.25) is 5.02 Å². The summed E-state index contributed by atoms with van der Waals surface area (Å²) in [6.45, 7) is 2.08. The van der Waals surface area contributed by atoms with Crippen LogP contribution in [0.1, 0.15) is 5.56 Å². The average Bonchev–Trinajstić information content (AvgIpc) is 2.28. The molecule has 15 heavy (non-hydrogen) atoms. The molecule has 0 amide bonds. The number of hydrogen-bond donors (Lipinski definition) is 1. The van der Waals surface area contributed by atoms with Crippen LogP contribution in [0.15, 0.2) is 12.1 Å². The second-order valence-corrected chi connectivity index (χ2v) is 3.81. The minimum absolute atomic E-state index is 0.597. The van der Waals surface area contributed by atoms with Gasteiger partial charge in [0.25, 0.3) is 0 Å². The molecule has 0 aliphatic carbocycles. The molecule has 0 aromatic heterocycles. The topological polar surface area (TPSA) is 30.5 Å². The molecule has 1 heterocycles. The molecule has 82 valence electrons. The van der Waals surface area contributed by atoms with Crippen molar-refractivity contribution in [3.8, 4) is 11.5 Å². The smallest absolute Gasteiger partial charge is 0.166 e. The summed E-state index contributed by atoms with van der Waals surface area (Å²) < 4.78 is 11.1. The first-order chi connectivity index (χ1) is 7.33. The average molecular weight is 228 g/mol. The molecule has 0 fully saturated rings. The number of rotatable bonds is 3. The second-order valence-electron chi connectivity index (χ2n) is 3.40. The van der Waals surface area contributed by atoms with Crippen LogP contribution in [0, 0.1) is 0 Å². The summed E-state index contributed by atoms with van der Waals surface area (Å²) in [5.41, 5.74) is 1.03. The Labute approximate surface area is 94.3 Å². The number of benzene rings is 1. The number of hydrogen-bond acceptors (Lipinski definition) is 3. The molecular formula is C11H14ClNO2. The van der Waals surface area contributed by atoms with E-state index in [2.05, 4.69) is 5.32 Å². The minimum Gasteiger partial charge on any atom is -0.486 e. The summed E-state index contributed by atoms with van der Waals surface area (Å²) in [6, 6.07) is 3.72. The summed E-state index contributed by atoms with van der Waals surface area (Å²) in [6.07, 6.45) is 0.849. The number of nitrogens with one attached hydrogen (secondary N) is 1. The van der Waals surface area contributed by atoms with Crippen molar-refractivity contribution in [1.29, 1.82) is 0 Å². The van der Waals surface area contributed by atoms with Gasteiger partial charge in [0.05, 0.1) is 0 Å². The highest BCUT2D eigenvalue weighted by Gasteiger charge is 2.17. The lowest BCUT2D eigenvalue weighted by Crippen LogP contribution is -2.18. The van der Waals surface area contributed by atoms with Crippen LogP contribution in [0.25, 0.3) is 0 Å². The minimum atomic E-state index is 0.597. The van der Waals surface area contributed by atoms with E-state index in [9.17, 15) is 0 Å². The third-order valence-electron chi connectivity index (χ3n) is 2.38. The van der Waals surface area contributed by atoms with Crippen LogP contribution in [0.3, 0.4) is 0 Å². The number of halogens is 1. The maximum Gasteiger partial charge on any atom is 0.166 e. The van der Waals surface area contributed by atoms with Gasteiger partial charge >= 0.3 is 0 Å². The van der Waals surface area contributed by atoms with E-state index in [1.54, 1.807) is 0 Å². The zero-order valence-electron chi connectivity index (χ0n) is 8.68. The standard InChI is InChI=1S/C11H14ClNO2/c1-13-5-4-8-9(12)2-3-10-11(8)15-7-6-14-10/h2-3,13H,4-7H2,1H3. The Bertz CT molecular complexity index is 355. The fourth-order valence-corrected chi connectivity index (χ4v) is 1.88. The molecule has 0 atom stereocenters. The molecule has 1 aliphatic rings. The van der Waals surface area contributed by atoms with E-state index in [-0.39, 0.29) is 0 Å². The van der Waals surface area contributed by atoms with E-state index in [0.29, 0.717) is 13.2 Å². The summed E-state index contributed by atoms with van der Waals surface area (Å²) in [7, 11) is 1.92. The van der Waals surface area contributed by atoms with Crippen molar-refractivity contribution < 1.29 is 9.47 Å². The molecule has 0 saturated heterocycles. The van der Waals surface area contributed by atoms with Gasteiger partial charge < -0.3 is 14.8 Å². The van der Waals surface area contributed by atoms with Gasteiger partial charge in [-0.25, -0.2) is 0 Å². The van der Waals surface area contributed by atoms with E-state index in [1.165, 1.54) is 0 Å². The second kappa shape index (κ2) is 4.73. The maximum atomic E-state index is 6.13. The number of ether oxygens (including phenoxy) is 2. The molecule has 2 rings (SSSR count). The van der Waals surface area contributed by atoms with Gasteiger partial charge in [-0.2, -0.15) is 0 Å². The van der Waals surface area contributed by atoms with E-state index < -0.39 is 0 Å². The van der Waals surface area contributed by atoms with Gasteiger partial charge in [-0.3, -0.25) is 0 Å². The van der Waals surface area contributed by atoms with Crippen molar-refractivity contribution in [3.63, 3.8) is 0 Å². The Morgan fingerprint density at radius 3 is 2.93 bits per heavy atom. The zero-order chi connectivity index (χ0) is 10.7. The summed E-state index contributed by atoms with van der Waals surface area (Å²) in [5, 5.41) is 3.84. The molecule has 4 heteroatoms. The first-order valence-electron chi connectivity index (χ1n) is 5.04. The highest BCUT2D eigenvalue weighted by molar-refractivity contribution is 6.31. The monoisotopic (exact) mass is 227 g/mol. The Balaban J connectivity index is 2.32. The quantitative estimate of drug-likeness (QED) is 0.855. The van der Waals surface area contributed by atoms with E-state index in [4.69, 9.17) is 21.1 Å². The van der Waals surface area contributed by atoms with Crippen LogP contribution in [-0.2, 0) is 6.42 Å². The fourth-order valence-electron chi connectivity index (χ4n) is 1.63. The lowest BCUT2D eigenvalue weighted by atomic mass is 10.1. The lowest BCUT2D eigenvalue weighted by Gasteiger charge is -2.21. The zero-order valence-corrected chi connectivity index (χ0v) is 9.43. The normalized spacial score (nSPS) is 14.0. The molecule has 0 unspecified atom stereocenters. The van der Waals surface area contributed by atoms with Gasteiger partial charge in [0, 0.05) is 10.6 Å². The highest BCUT2D eigenvalue weighted by Crippen LogP contribution is 2.38. The van der Waals surface area contributed by atoms with Crippen molar-refractivity contribution in [2.75, 3.05) is 26.8 Å². The van der Waals surface area contributed by atoms with Crippen LogP contribution < -0.4 is 14.8 Å². The third-order valence-corrected chi connectivity index (χ3v) is 2.73. The van der Waals surface area contributed by atoms with Gasteiger partial charge in [-0.1, -0.05) is 11.6 Å². The molecule has 1 aromatic carbocycles. The summed E-state index contributed by atoms with van der Waals surface area (Å²) in [5.74, 6) is 1.61. The van der Waals surface area contributed by atoms with E-state index in [0.717, 1.165) is 35.1 Å². The summed E-state index contributed by atoms with van der Waals surface area (Å²) in [4.78, 5) is 0. The molecule has 0 bridgehead atoms. The number of likely N-dealkylation sites (N-methyl/N-ethyl adjacent to an activating group) is 1. The molecule has 1 N–H and O–H groups in total. The van der Waals surface area contributed by atoms with Crippen molar-refractivity contribution in [3.05, 3.63) is 22.7 Å². The Morgan fingerprint density at radius 1 is 1.33 bits per heavy atom. The first kappa shape index (κ1) is 10.6. The molecule has 0 saturated carbocycles. The van der Waals surface area contributed by atoms with Gasteiger partial charge in [-0.15, -0.1) is 0 Å². The van der Waals surface area contributed by atoms with Crippen LogP contribution in [0.4, 0.5) is 0 Å². The molecule has 0 spiro atoms. The number of fused-ring (bicyclic) bond motifs is 1. The lowest BCUT2D eigenvalue weighted by molar-refractivity contribution is 0.170. The first-order valence-corrected chi connectivity index (χ1v) is 5.42. The van der Waals surface area contributed by atoms with E-state index in [1.807, 2.05) is 19.2 Å². The molecule has 1 aromatic rings.